The third-order valence-electron chi connectivity index (χ3n) is 3.96. The van der Waals surface area contributed by atoms with Gasteiger partial charge in [-0.2, -0.15) is 4.68 Å². The number of carbonyl (C=O) groups excluding carboxylic acids is 2. The molecule has 0 fully saturated rings. The van der Waals surface area contributed by atoms with Crippen LogP contribution in [-0.2, 0) is 6.54 Å². The average Bonchev–Trinajstić information content (AvgIpc) is 3.14. The van der Waals surface area contributed by atoms with E-state index in [-0.39, 0.29) is 17.6 Å². The minimum absolute atomic E-state index is 0.166. The summed E-state index contributed by atoms with van der Waals surface area (Å²) in [6.07, 6.45) is 3.82. The maximum atomic E-state index is 12.2. The van der Waals surface area contributed by atoms with Crippen LogP contribution in [0, 0.1) is 10.1 Å². The number of unbranched alkanes of at least 4 members (excludes halogenated alkanes) is 2. The maximum absolute atomic E-state index is 12.2. The Hall–Kier alpha value is -3.03. The van der Waals surface area contributed by atoms with Crippen LogP contribution < -0.4 is 0 Å². The number of aryl methyl sites for hydroxylation is 1. The van der Waals surface area contributed by atoms with E-state index in [1.165, 1.54) is 15.6 Å². The number of nitro groups is 1. The van der Waals surface area contributed by atoms with Crippen molar-refractivity contribution in [2.24, 2.45) is 0 Å². The van der Waals surface area contributed by atoms with E-state index in [4.69, 9.17) is 0 Å². The molecule has 0 atom stereocenters. The van der Waals surface area contributed by atoms with Gasteiger partial charge in [0.25, 0.3) is 11.8 Å². The predicted octanol–water partition coefficient (Wildman–Crippen LogP) is 2.26. The van der Waals surface area contributed by atoms with Gasteiger partial charge in [0, 0.05) is 6.54 Å². The van der Waals surface area contributed by atoms with Crippen LogP contribution >= 0.6 is 0 Å². The van der Waals surface area contributed by atoms with Crippen molar-refractivity contribution in [1.29, 1.82) is 0 Å². The number of imide groups is 1. The lowest BCUT2D eigenvalue weighted by atomic mass is 10.1. The summed E-state index contributed by atoms with van der Waals surface area (Å²) in [5.74, 6) is -0.641. The minimum atomic E-state index is -0.529. The molecular formula is C16H16N4O4. The van der Waals surface area contributed by atoms with Crippen molar-refractivity contribution in [3.8, 4) is 0 Å². The second-order valence-electron chi connectivity index (χ2n) is 5.56. The van der Waals surface area contributed by atoms with Gasteiger partial charge in [0.1, 0.15) is 0 Å². The molecular weight excluding hydrogens is 312 g/mol. The fraction of sp³-hybridized carbons (Fsp3) is 0.312. The predicted molar refractivity (Wildman–Crippen MR) is 84.5 cm³/mol. The maximum Gasteiger partial charge on any atom is 0.389 e. The van der Waals surface area contributed by atoms with Gasteiger partial charge in [-0.1, -0.05) is 12.1 Å². The number of aromatic nitrogens is 2. The number of hydrogen-bond donors (Lipinski definition) is 0. The summed E-state index contributed by atoms with van der Waals surface area (Å²) in [5.41, 5.74) is 0.928. The lowest BCUT2D eigenvalue weighted by Crippen LogP contribution is -2.30. The van der Waals surface area contributed by atoms with E-state index in [9.17, 15) is 19.7 Å². The largest absolute Gasteiger partial charge is 0.389 e. The molecule has 2 heterocycles. The lowest BCUT2D eigenvalue weighted by molar-refractivity contribution is -0.389. The molecule has 0 spiro atoms. The minimum Gasteiger partial charge on any atom is -0.358 e. The zero-order chi connectivity index (χ0) is 17.1. The summed E-state index contributed by atoms with van der Waals surface area (Å²) in [6.45, 7) is 0.946. The molecule has 1 aromatic heterocycles. The topological polar surface area (TPSA) is 98.3 Å². The average molecular weight is 328 g/mol. The van der Waals surface area contributed by atoms with E-state index < -0.39 is 4.92 Å². The molecule has 0 aliphatic carbocycles. The normalized spacial score (nSPS) is 13.4. The van der Waals surface area contributed by atoms with Gasteiger partial charge in [-0.05, 0) is 36.3 Å². The molecule has 8 nitrogen and oxygen atoms in total. The second-order valence-corrected chi connectivity index (χ2v) is 5.56. The van der Waals surface area contributed by atoms with Gasteiger partial charge in [-0.15, -0.1) is 0 Å². The fourth-order valence-corrected chi connectivity index (χ4v) is 2.74. The standard InChI is InChI=1S/C16H16N4O4/c21-15-12-6-2-3-7-13(12)16(22)19(15)10-5-1-4-9-18-11-8-14(17-18)20(23)24/h2-3,6-8,11H,1,4-5,9-10H2. The molecule has 0 saturated heterocycles. The highest BCUT2D eigenvalue weighted by atomic mass is 16.6. The Morgan fingerprint density at radius 2 is 1.58 bits per heavy atom. The molecule has 2 amide bonds. The Morgan fingerprint density at radius 3 is 2.17 bits per heavy atom. The molecule has 0 radical (unpaired) electrons. The SMILES string of the molecule is O=C1c2ccccc2C(=O)N1CCCCCn1ccc([N+](=O)[O-])n1. The number of fused-ring (bicyclic) bond motifs is 1. The Labute approximate surface area is 137 Å². The van der Waals surface area contributed by atoms with E-state index in [0.29, 0.717) is 30.6 Å². The molecule has 0 bridgehead atoms. The summed E-state index contributed by atoms with van der Waals surface area (Å²) in [7, 11) is 0. The van der Waals surface area contributed by atoms with Crippen LogP contribution in [0.15, 0.2) is 36.5 Å². The summed E-state index contributed by atoms with van der Waals surface area (Å²) < 4.78 is 1.53. The smallest absolute Gasteiger partial charge is 0.358 e. The number of benzene rings is 1. The van der Waals surface area contributed by atoms with Crippen molar-refractivity contribution in [2.75, 3.05) is 6.54 Å². The number of carbonyl (C=O) groups is 2. The third-order valence-corrected chi connectivity index (χ3v) is 3.96. The van der Waals surface area contributed by atoms with Crippen LogP contribution in [0.4, 0.5) is 5.82 Å². The number of hydrogen-bond acceptors (Lipinski definition) is 5. The van der Waals surface area contributed by atoms with E-state index in [1.54, 1.807) is 30.5 Å². The first-order chi connectivity index (χ1) is 11.6. The summed E-state index contributed by atoms with van der Waals surface area (Å²) in [5, 5.41) is 14.4. The second kappa shape index (κ2) is 6.61. The summed E-state index contributed by atoms with van der Waals surface area (Å²) >= 11 is 0. The third kappa shape index (κ3) is 3.03. The van der Waals surface area contributed by atoms with Crippen LogP contribution in [0.1, 0.15) is 40.0 Å². The Kier molecular flexibility index (Phi) is 4.37. The van der Waals surface area contributed by atoms with Gasteiger partial charge in [-0.25, -0.2) is 0 Å². The van der Waals surface area contributed by atoms with Crippen molar-refractivity contribution >= 4 is 17.6 Å². The molecule has 1 aliphatic rings. The molecule has 0 saturated carbocycles. The van der Waals surface area contributed by atoms with E-state index in [2.05, 4.69) is 5.10 Å². The van der Waals surface area contributed by atoms with E-state index in [0.717, 1.165) is 12.8 Å². The molecule has 1 aliphatic heterocycles. The van der Waals surface area contributed by atoms with Crippen LogP contribution in [-0.4, -0.2) is 38.0 Å². The van der Waals surface area contributed by atoms with Gasteiger partial charge < -0.3 is 10.1 Å². The van der Waals surface area contributed by atoms with Gasteiger partial charge >= 0.3 is 5.82 Å². The molecule has 1 aromatic carbocycles. The quantitative estimate of drug-likeness (QED) is 0.336. The number of nitrogens with zero attached hydrogens (tertiary/aromatic N) is 4. The first-order valence-electron chi connectivity index (χ1n) is 7.71. The number of amides is 2. The molecule has 2 aromatic rings. The fourth-order valence-electron chi connectivity index (χ4n) is 2.74. The van der Waals surface area contributed by atoms with Crippen molar-refractivity contribution in [3.63, 3.8) is 0 Å². The molecule has 8 heteroatoms. The zero-order valence-electron chi connectivity index (χ0n) is 12.9. The van der Waals surface area contributed by atoms with E-state index in [1.807, 2.05) is 0 Å². The molecule has 0 N–H and O–H groups in total. The van der Waals surface area contributed by atoms with Crippen molar-refractivity contribution in [3.05, 3.63) is 57.8 Å². The first-order valence-corrected chi connectivity index (χ1v) is 7.71. The Morgan fingerprint density at radius 1 is 0.958 bits per heavy atom. The number of rotatable bonds is 7. The highest BCUT2D eigenvalue weighted by Crippen LogP contribution is 2.22. The molecule has 124 valence electrons. The Bertz CT molecular complexity index is 764. The van der Waals surface area contributed by atoms with Crippen LogP contribution in [0.2, 0.25) is 0 Å². The molecule has 3 rings (SSSR count). The van der Waals surface area contributed by atoms with Gasteiger partial charge in [-0.3, -0.25) is 14.5 Å². The van der Waals surface area contributed by atoms with Crippen molar-refractivity contribution in [2.45, 2.75) is 25.8 Å². The van der Waals surface area contributed by atoms with Gasteiger partial charge in [0.2, 0.25) is 0 Å². The van der Waals surface area contributed by atoms with Gasteiger partial charge in [0.05, 0.1) is 35.0 Å². The highest BCUT2D eigenvalue weighted by Gasteiger charge is 2.34. The van der Waals surface area contributed by atoms with Crippen molar-refractivity contribution < 1.29 is 14.5 Å². The lowest BCUT2D eigenvalue weighted by Gasteiger charge is -2.13. The van der Waals surface area contributed by atoms with E-state index >= 15 is 0 Å². The molecule has 24 heavy (non-hydrogen) atoms. The van der Waals surface area contributed by atoms with Gasteiger partial charge in [0.15, 0.2) is 0 Å². The molecule has 0 unspecified atom stereocenters. The summed E-state index contributed by atoms with van der Waals surface area (Å²) in [4.78, 5) is 35.7. The Balaban J connectivity index is 1.45. The zero-order valence-corrected chi connectivity index (χ0v) is 12.9. The highest BCUT2D eigenvalue weighted by molar-refractivity contribution is 6.21. The van der Waals surface area contributed by atoms with Crippen LogP contribution in [0.5, 0.6) is 0 Å². The first kappa shape index (κ1) is 15.9. The van der Waals surface area contributed by atoms with Crippen molar-refractivity contribution in [1.82, 2.24) is 14.7 Å². The monoisotopic (exact) mass is 328 g/mol. The van der Waals surface area contributed by atoms with Crippen LogP contribution in [0.25, 0.3) is 0 Å². The summed E-state index contributed by atoms with van der Waals surface area (Å²) in [6, 6.07) is 8.19. The van der Waals surface area contributed by atoms with Crippen LogP contribution in [0.3, 0.4) is 0 Å².